The second kappa shape index (κ2) is 7.52. The molecule has 19 heavy (non-hydrogen) atoms. The molecule has 0 aliphatic heterocycles. The van der Waals surface area contributed by atoms with E-state index in [4.69, 9.17) is 5.73 Å². The van der Waals surface area contributed by atoms with Gasteiger partial charge in [-0.3, -0.25) is 14.3 Å². The number of carbonyl (C=O) groups is 2. The number of nitrogens with two attached hydrogens (primary N) is 1. The number of hydrogen-bond acceptors (Lipinski definition) is 4. The van der Waals surface area contributed by atoms with Crippen LogP contribution in [0, 0.1) is 0 Å². The molecule has 0 saturated heterocycles. The van der Waals surface area contributed by atoms with Crippen LogP contribution in [-0.2, 0) is 16.6 Å². The molecular weight excluding hydrogens is 246 g/mol. The van der Waals surface area contributed by atoms with E-state index in [1.165, 1.54) is 0 Å². The summed E-state index contributed by atoms with van der Waals surface area (Å²) in [5.74, 6) is -0.381. The van der Waals surface area contributed by atoms with E-state index in [0.29, 0.717) is 12.1 Å². The van der Waals surface area contributed by atoms with Crippen LogP contribution in [0.5, 0.6) is 0 Å². The Bertz CT molecular complexity index is 430. The molecule has 4 N–H and O–H groups in total. The lowest BCUT2D eigenvalue weighted by atomic mass is 10.1. The molecular formula is C12H21N5O2. The van der Waals surface area contributed by atoms with Crippen molar-refractivity contribution in [1.82, 2.24) is 20.4 Å². The third-order valence-corrected chi connectivity index (χ3v) is 2.59. The second-order valence-electron chi connectivity index (χ2n) is 4.32. The summed E-state index contributed by atoms with van der Waals surface area (Å²) in [5, 5.41) is 9.33. The number of rotatable bonds is 7. The fraction of sp³-hybridized carbons (Fsp3) is 0.583. The summed E-state index contributed by atoms with van der Waals surface area (Å²) in [6.45, 7) is 2.92. The van der Waals surface area contributed by atoms with Gasteiger partial charge in [-0.05, 0) is 6.42 Å². The highest BCUT2D eigenvalue weighted by Crippen LogP contribution is 2.07. The molecule has 7 nitrogen and oxygen atoms in total. The molecule has 0 fully saturated rings. The van der Waals surface area contributed by atoms with Crippen molar-refractivity contribution < 1.29 is 9.59 Å². The normalized spacial score (nSPS) is 11.9. The Morgan fingerprint density at radius 3 is 2.74 bits per heavy atom. The third kappa shape index (κ3) is 5.09. The Kier molecular flexibility index (Phi) is 6.01. The number of nitrogens with one attached hydrogen (secondary N) is 2. The molecule has 0 bridgehead atoms. The molecule has 0 aliphatic rings. The third-order valence-electron chi connectivity index (χ3n) is 2.59. The first kappa shape index (κ1) is 15.2. The van der Waals surface area contributed by atoms with E-state index in [0.717, 1.165) is 6.42 Å². The Morgan fingerprint density at radius 1 is 1.42 bits per heavy atom. The number of aromatic nitrogens is 2. The zero-order valence-electron chi connectivity index (χ0n) is 11.3. The van der Waals surface area contributed by atoms with Gasteiger partial charge in [-0.25, -0.2) is 0 Å². The molecule has 106 valence electrons. The summed E-state index contributed by atoms with van der Waals surface area (Å²) in [6.07, 6.45) is 4.39. The van der Waals surface area contributed by atoms with Crippen LogP contribution in [0.4, 0.5) is 0 Å². The fourth-order valence-corrected chi connectivity index (χ4v) is 1.51. The number of hydrogen-bond donors (Lipinski definition) is 3. The van der Waals surface area contributed by atoms with E-state index < -0.39 is 6.04 Å². The minimum atomic E-state index is -0.757. The zero-order valence-corrected chi connectivity index (χ0v) is 11.3. The lowest BCUT2D eigenvalue weighted by Gasteiger charge is -2.10. The Balaban J connectivity index is 2.29. The molecule has 0 spiro atoms. The van der Waals surface area contributed by atoms with E-state index in [1.807, 2.05) is 6.92 Å². The fourth-order valence-electron chi connectivity index (χ4n) is 1.51. The van der Waals surface area contributed by atoms with Gasteiger partial charge in [-0.15, -0.1) is 0 Å². The average Bonchev–Trinajstić information content (AvgIpc) is 2.81. The van der Waals surface area contributed by atoms with E-state index >= 15 is 0 Å². The predicted molar refractivity (Wildman–Crippen MR) is 71.1 cm³/mol. The van der Waals surface area contributed by atoms with Gasteiger partial charge in [0.05, 0.1) is 6.20 Å². The Morgan fingerprint density at radius 2 is 2.16 bits per heavy atom. The van der Waals surface area contributed by atoms with Crippen LogP contribution >= 0.6 is 0 Å². The maximum atomic E-state index is 11.7. The molecule has 1 unspecified atom stereocenters. The summed E-state index contributed by atoms with van der Waals surface area (Å²) in [7, 11) is 1.76. The van der Waals surface area contributed by atoms with Gasteiger partial charge in [0, 0.05) is 38.3 Å². The molecule has 0 saturated carbocycles. The van der Waals surface area contributed by atoms with E-state index in [2.05, 4.69) is 15.7 Å². The predicted octanol–water partition coefficient (Wildman–Crippen LogP) is -0.548. The summed E-state index contributed by atoms with van der Waals surface area (Å²) in [5.41, 5.74) is 6.43. The molecule has 1 heterocycles. The number of amides is 2. The maximum absolute atomic E-state index is 11.7. The molecule has 1 atom stereocenters. The van der Waals surface area contributed by atoms with Crippen LogP contribution in [0.2, 0.25) is 0 Å². The van der Waals surface area contributed by atoms with Crippen molar-refractivity contribution >= 4 is 11.8 Å². The van der Waals surface area contributed by atoms with Gasteiger partial charge in [-0.2, -0.15) is 5.10 Å². The monoisotopic (exact) mass is 267 g/mol. The van der Waals surface area contributed by atoms with E-state index in [9.17, 15) is 9.59 Å². The van der Waals surface area contributed by atoms with Gasteiger partial charge >= 0.3 is 0 Å². The second-order valence-corrected chi connectivity index (χ2v) is 4.32. The van der Waals surface area contributed by atoms with Crippen LogP contribution in [-0.4, -0.2) is 34.7 Å². The highest BCUT2D eigenvalue weighted by atomic mass is 16.2. The van der Waals surface area contributed by atoms with Crippen molar-refractivity contribution in [1.29, 1.82) is 0 Å². The summed E-state index contributed by atoms with van der Waals surface area (Å²) in [6, 6.07) is -0.757. The van der Waals surface area contributed by atoms with Crippen molar-refractivity contribution in [3.8, 4) is 0 Å². The zero-order chi connectivity index (χ0) is 14.3. The largest absolute Gasteiger partial charge is 0.356 e. The minimum absolute atomic E-state index is 0.0721. The molecule has 1 rings (SSSR count). The van der Waals surface area contributed by atoms with Gasteiger partial charge in [0.25, 0.3) is 0 Å². The Labute approximate surface area is 112 Å². The standard InChI is InChI=1S/C12H21N5O2/c1-3-5-14-10(18)4-6-15-12(19)11(13)9-7-16-17(2)8-9/h7-8,11H,3-6,13H2,1-2H3,(H,14,18)(H,15,19). The first-order valence-electron chi connectivity index (χ1n) is 6.33. The number of aryl methyl sites for hydroxylation is 1. The van der Waals surface area contributed by atoms with Gasteiger partial charge in [-0.1, -0.05) is 6.92 Å². The highest BCUT2D eigenvalue weighted by molar-refractivity contribution is 5.83. The van der Waals surface area contributed by atoms with Crippen molar-refractivity contribution in [2.75, 3.05) is 13.1 Å². The molecule has 0 radical (unpaired) electrons. The topological polar surface area (TPSA) is 102 Å². The maximum Gasteiger partial charge on any atom is 0.241 e. The van der Waals surface area contributed by atoms with Crippen LogP contribution in [0.25, 0.3) is 0 Å². The molecule has 2 amide bonds. The minimum Gasteiger partial charge on any atom is -0.356 e. The van der Waals surface area contributed by atoms with Crippen molar-refractivity contribution in [3.63, 3.8) is 0 Å². The van der Waals surface area contributed by atoms with Gasteiger partial charge in [0.15, 0.2) is 0 Å². The van der Waals surface area contributed by atoms with Crippen LogP contribution in [0.15, 0.2) is 12.4 Å². The lowest BCUT2D eigenvalue weighted by molar-refractivity contribution is -0.123. The summed E-state index contributed by atoms with van der Waals surface area (Å²) < 4.78 is 1.58. The van der Waals surface area contributed by atoms with Crippen LogP contribution in [0.3, 0.4) is 0 Å². The van der Waals surface area contributed by atoms with Gasteiger partial charge in [0.2, 0.25) is 11.8 Å². The van der Waals surface area contributed by atoms with E-state index in [1.54, 1.807) is 24.1 Å². The summed E-state index contributed by atoms with van der Waals surface area (Å²) in [4.78, 5) is 23.1. The van der Waals surface area contributed by atoms with Crippen LogP contribution < -0.4 is 16.4 Å². The average molecular weight is 267 g/mol. The lowest BCUT2D eigenvalue weighted by Crippen LogP contribution is -2.36. The first-order chi connectivity index (χ1) is 9.04. The summed E-state index contributed by atoms with van der Waals surface area (Å²) >= 11 is 0. The molecule has 1 aromatic heterocycles. The van der Waals surface area contributed by atoms with Crippen LogP contribution in [0.1, 0.15) is 31.4 Å². The van der Waals surface area contributed by atoms with Crippen molar-refractivity contribution in [3.05, 3.63) is 18.0 Å². The van der Waals surface area contributed by atoms with Crippen molar-refractivity contribution in [2.45, 2.75) is 25.8 Å². The number of carbonyl (C=O) groups excluding carboxylic acids is 2. The smallest absolute Gasteiger partial charge is 0.241 e. The quantitative estimate of drug-likeness (QED) is 0.617. The SMILES string of the molecule is CCCNC(=O)CCNC(=O)C(N)c1cnn(C)c1. The highest BCUT2D eigenvalue weighted by Gasteiger charge is 2.16. The van der Waals surface area contributed by atoms with Gasteiger partial charge in [0.1, 0.15) is 6.04 Å². The Hall–Kier alpha value is -1.89. The molecule has 0 aromatic carbocycles. The number of nitrogens with zero attached hydrogens (tertiary/aromatic N) is 2. The first-order valence-corrected chi connectivity index (χ1v) is 6.33. The van der Waals surface area contributed by atoms with E-state index in [-0.39, 0.29) is 24.8 Å². The van der Waals surface area contributed by atoms with Gasteiger partial charge < -0.3 is 16.4 Å². The molecule has 0 aliphatic carbocycles. The molecule has 7 heteroatoms. The van der Waals surface area contributed by atoms with Crippen molar-refractivity contribution in [2.24, 2.45) is 12.8 Å². The molecule has 1 aromatic rings.